The van der Waals surface area contributed by atoms with Gasteiger partial charge in [0, 0.05) is 36.2 Å². The van der Waals surface area contributed by atoms with Crippen molar-refractivity contribution >= 4 is 32.4 Å². The molecule has 1 atom stereocenters. The molecule has 2 N–H and O–H groups in total. The van der Waals surface area contributed by atoms with Gasteiger partial charge in [-0.1, -0.05) is 30.3 Å². The monoisotopic (exact) mass is 457 g/mol. The van der Waals surface area contributed by atoms with E-state index in [1.165, 1.54) is 41.2 Å². The predicted octanol–water partition coefficient (Wildman–Crippen LogP) is 3.44. The first-order valence-electron chi connectivity index (χ1n) is 10.0. The molecule has 31 heavy (non-hydrogen) atoms. The Morgan fingerprint density at radius 2 is 1.90 bits per heavy atom. The topological polar surface area (TPSA) is 97.4 Å². The summed E-state index contributed by atoms with van der Waals surface area (Å²) in [5.74, 6) is -0.336. The Kier molecular flexibility index (Phi) is 6.77. The molecule has 7 nitrogen and oxygen atoms in total. The zero-order valence-electron chi connectivity index (χ0n) is 16.8. The zero-order valence-corrected chi connectivity index (χ0v) is 18.4. The fourth-order valence-electron chi connectivity index (χ4n) is 3.29. The lowest BCUT2D eigenvalue weighted by atomic mass is 10.1. The van der Waals surface area contributed by atoms with Crippen LogP contribution in [-0.4, -0.2) is 38.6 Å². The smallest absolute Gasteiger partial charge is 0.257 e. The Morgan fingerprint density at radius 3 is 2.61 bits per heavy atom. The molecular formula is C22H23N3O4S2. The highest BCUT2D eigenvalue weighted by Crippen LogP contribution is 2.22. The number of aromatic nitrogens is 1. The fourth-order valence-corrected chi connectivity index (χ4v) is 5.20. The van der Waals surface area contributed by atoms with Crippen LogP contribution in [0.5, 0.6) is 0 Å². The lowest BCUT2D eigenvalue weighted by molar-refractivity contribution is 0.102. The summed E-state index contributed by atoms with van der Waals surface area (Å²) in [7, 11) is -3.65. The van der Waals surface area contributed by atoms with Gasteiger partial charge in [-0.25, -0.2) is 18.1 Å². The highest BCUT2D eigenvalue weighted by Gasteiger charge is 2.20. The molecule has 1 aliphatic rings. The third-order valence-corrected chi connectivity index (χ3v) is 7.30. The summed E-state index contributed by atoms with van der Waals surface area (Å²) >= 11 is 1.42. The van der Waals surface area contributed by atoms with E-state index in [2.05, 4.69) is 15.0 Å². The molecule has 162 valence electrons. The van der Waals surface area contributed by atoms with Gasteiger partial charge in [0.2, 0.25) is 10.0 Å². The number of nitrogens with one attached hydrogen (secondary N) is 2. The summed E-state index contributed by atoms with van der Waals surface area (Å²) in [5.41, 5.74) is 1.53. The van der Waals surface area contributed by atoms with Gasteiger partial charge in [-0.15, -0.1) is 11.3 Å². The second-order valence-corrected chi connectivity index (χ2v) is 10.1. The van der Waals surface area contributed by atoms with Crippen LogP contribution >= 0.6 is 11.3 Å². The van der Waals surface area contributed by atoms with E-state index in [-0.39, 0.29) is 23.5 Å². The van der Waals surface area contributed by atoms with E-state index in [4.69, 9.17) is 4.74 Å². The fraction of sp³-hybridized carbons (Fsp3) is 0.273. The van der Waals surface area contributed by atoms with E-state index < -0.39 is 10.0 Å². The number of benzene rings is 2. The van der Waals surface area contributed by atoms with Gasteiger partial charge in [0.25, 0.3) is 5.91 Å². The number of anilines is 1. The lowest BCUT2D eigenvalue weighted by Gasteiger charge is -2.11. The molecule has 1 aliphatic heterocycles. The first-order chi connectivity index (χ1) is 15.0. The maximum Gasteiger partial charge on any atom is 0.257 e. The summed E-state index contributed by atoms with van der Waals surface area (Å²) < 4.78 is 32.9. The molecule has 0 bridgehead atoms. The minimum Gasteiger partial charge on any atom is -0.377 e. The van der Waals surface area contributed by atoms with Crippen LogP contribution in [0.1, 0.15) is 33.6 Å². The Bertz CT molecular complexity index is 1120. The molecule has 9 heteroatoms. The Hall–Kier alpha value is -2.59. The molecule has 1 amide bonds. The maximum atomic E-state index is 12.5. The number of sulfonamides is 1. The number of carbonyl (C=O) groups excluding carboxylic acids is 1. The highest BCUT2D eigenvalue weighted by molar-refractivity contribution is 7.89. The van der Waals surface area contributed by atoms with Crippen LogP contribution in [0.15, 0.2) is 65.7 Å². The first-order valence-corrected chi connectivity index (χ1v) is 12.3. The van der Waals surface area contributed by atoms with Crippen molar-refractivity contribution in [3.05, 3.63) is 76.8 Å². The minimum absolute atomic E-state index is 0.0788. The van der Waals surface area contributed by atoms with E-state index in [9.17, 15) is 13.2 Å². The largest absolute Gasteiger partial charge is 0.377 e. The molecule has 4 rings (SSSR count). The van der Waals surface area contributed by atoms with Crippen molar-refractivity contribution in [1.29, 1.82) is 0 Å². The van der Waals surface area contributed by atoms with E-state index in [1.807, 2.05) is 30.3 Å². The maximum absolute atomic E-state index is 12.5. The molecule has 1 aromatic heterocycles. The number of amides is 1. The number of nitrogens with zero attached hydrogens (tertiary/aromatic N) is 1. The summed E-state index contributed by atoms with van der Waals surface area (Å²) in [5, 5.41) is 3.28. The summed E-state index contributed by atoms with van der Waals surface area (Å²) in [4.78, 5) is 17.9. The number of thiazole rings is 1. The minimum atomic E-state index is -3.65. The molecular weight excluding hydrogens is 434 g/mol. The number of carbonyl (C=O) groups is 1. The summed E-state index contributed by atoms with van der Waals surface area (Å²) in [6.45, 7) is 0.920. The first kappa shape index (κ1) is 21.6. The van der Waals surface area contributed by atoms with Gasteiger partial charge in [0.15, 0.2) is 5.13 Å². The molecule has 1 fully saturated rings. The van der Waals surface area contributed by atoms with E-state index in [1.54, 1.807) is 6.20 Å². The van der Waals surface area contributed by atoms with E-state index in [0.29, 0.717) is 17.3 Å². The highest BCUT2D eigenvalue weighted by atomic mass is 32.2. The van der Waals surface area contributed by atoms with Crippen molar-refractivity contribution in [2.45, 2.75) is 30.3 Å². The lowest BCUT2D eigenvalue weighted by Crippen LogP contribution is -2.31. The third-order valence-electron chi connectivity index (χ3n) is 4.95. The van der Waals surface area contributed by atoms with Crippen LogP contribution in [0.4, 0.5) is 5.13 Å². The predicted molar refractivity (Wildman–Crippen MR) is 120 cm³/mol. The number of ether oxygens (including phenoxy) is 1. The van der Waals surface area contributed by atoms with E-state index >= 15 is 0 Å². The molecule has 2 heterocycles. The summed E-state index contributed by atoms with van der Waals surface area (Å²) in [6.07, 6.45) is 4.22. The van der Waals surface area contributed by atoms with Crippen molar-refractivity contribution in [2.24, 2.45) is 0 Å². The van der Waals surface area contributed by atoms with Crippen molar-refractivity contribution in [1.82, 2.24) is 9.71 Å². The van der Waals surface area contributed by atoms with Gasteiger partial charge >= 0.3 is 0 Å². The Morgan fingerprint density at radius 1 is 1.13 bits per heavy atom. The second kappa shape index (κ2) is 9.69. The van der Waals surface area contributed by atoms with Gasteiger partial charge in [0.05, 0.1) is 11.0 Å². The van der Waals surface area contributed by atoms with Gasteiger partial charge in [0.1, 0.15) is 0 Å². The van der Waals surface area contributed by atoms with Crippen molar-refractivity contribution < 1.29 is 17.9 Å². The van der Waals surface area contributed by atoms with Gasteiger partial charge in [-0.05, 0) is 42.7 Å². The normalized spacial score (nSPS) is 16.3. The van der Waals surface area contributed by atoms with Crippen molar-refractivity contribution in [3.8, 4) is 0 Å². The average molecular weight is 458 g/mol. The van der Waals surface area contributed by atoms with Crippen LogP contribution in [0.3, 0.4) is 0 Å². The van der Waals surface area contributed by atoms with Crippen molar-refractivity contribution in [2.75, 3.05) is 18.5 Å². The van der Waals surface area contributed by atoms with E-state index in [0.717, 1.165) is 24.1 Å². The van der Waals surface area contributed by atoms with Crippen molar-refractivity contribution in [3.63, 3.8) is 0 Å². The van der Waals surface area contributed by atoms with Crippen LogP contribution in [0.2, 0.25) is 0 Å². The molecule has 0 spiro atoms. The molecule has 0 saturated carbocycles. The molecule has 2 aromatic carbocycles. The average Bonchev–Trinajstić information content (AvgIpc) is 3.45. The molecule has 1 unspecified atom stereocenters. The Labute approximate surface area is 185 Å². The molecule has 3 aromatic rings. The second-order valence-electron chi connectivity index (χ2n) is 7.26. The third kappa shape index (κ3) is 5.76. The standard InChI is InChI=1S/C22H23N3O4S2/c26-21(25-22-23-15-19(30-22)13-16-5-2-1-3-6-16)17-8-10-20(11-9-17)31(27,28)24-14-18-7-4-12-29-18/h1-3,5-6,8-11,15,18,24H,4,7,12-14H2,(H,23,25,26). The quantitative estimate of drug-likeness (QED) is 0.540. The number of hydrogen-bond acceptors (Lipinski definition) is 6. The van der Waals surface area contributed by atoms with Crippen LogP contribution in [0, 0.1) is 0 Å². The molecule has 0 radical (unpaired) electrons. The zero-order chi connectivity index (χ0) is 21.7. The molecule has 0 aliphatic carbocycles. The van der Waals surface area contributed by atoms with Gasteiger partial charge in [-0.2, -0.15) is 0 Å². The molecule has 1 saturated heterocycles. The van der Waals surface area contributed by atoms with Crippen LogP contribution in [0.25, 0.3) is 0 Å². The summed E-state index contributed by atoms with van der Waals surface area (Å²) in [6, 6.07) is 15.9. The van der Waals surface area contributed by atoms with Gasteiger partial charge in [-0.3, -0.25) is 10.1 Å². The number of hydrogen-bond donors (Lipinski definition) is 2. The van der Waals surface area contributed by atoms with Gasteiger partial charge < -0.3 is 4.74 Å². The van der Waals surface area contributed by atoms with Crippen LogP contribution in [-0.2, 0) is 21.2 Å². The Balaban J connectivity index is 1.35. The van der Waals surface area contributed by atoms with Crippen LogP contribution < -0.4 is 10.0 Å². The number of rotatable bonds is 8. The SMILES string of the molecule is O=C(Nc1ncc(Cc2ccccc2)s1)c1ccc(S(=O)(=O)NCC2CCCO2)cc1.